The van der Waals surface area contributed by atoms with Gasteiger partial charge in [0.1, 0.15) is 5.02 Å². The molecular formula is C13H12ClN5O. The highest BCUT2D eigenvalue weighted by Gasteiger charge is 2.08. The topological polar surface area (TPSA) is 92.9 Å². The minimum atomic E-state index is -0.312. The molecule has 4 N–H and O–H groups in total. The predicted molar refractivity (Wildman–Crippen MR) is 80.0 cm³/mol. The number of nitrogens with two attached hydrogens (primary N) is 1. The average Bonchev–Trinajstić information content (AvgIpc) is 2.44. The maximum Gasteiger partial charge on any atom is 0.247 e. The molecule has 0 bridgehead atoms. The maximum absolute atomic E-state index is 11.4. The van der Waals surface area contributed by atoms with Crippen molar-refractivity contribution < 1.29 is 4.79 Å². The number of halogens is 1. The summed E-state index contributed by atoms with van der Waals surface area (Å²) >= 11 is 5.98. The van der Waals surface area contributed by atoms with Crippen LogP contribution in [0.4, 0.5) is 23.1 Å². The zero-order valence-electron chi connectivity index (χ0n) is 10.4. The van der Waals surface area contributed by atoms with E-state index in [-0.39, 0.29) is 11.9 Å². The standard InChI is InChI=1S/C13H12ClN5O/c1-2-11(20)17-9-5-3-4-6-10(9)18-12-8(14)7-16-13(15)19-12/h2-7H,1H2,(H,17,20)(H3,15,16,18,19). The van der Waals surface area contributed by atoms with Crippen molar-refractivity contribution in [3.8, 4) is 0 Å². The van der Waals surface area contributed by atoms with E-state index in [0.29, 0.717) is 22.2 Å². The van der Waals surface area contributed by atoms with Crippen LogP contribution in [0.15, 0.2) is 43.1 Å². The number of nitrogens with zero attached hydrogens (tertiary/aromatic N) is 2. The monoisotopic (exact) mass is 289 g/mol. The normalized spacial score (nSPS) is 9.85. The van der Waals surface area contributed by atoms with E-state index in [9.17, 15) is 4.79 Å². The summed E-state index contributed by atoms with van der Waals surface area (Å²) in [5, 5.41) is 6.00. The van der Waals surface area contributed by atoms with Gasteiger partial charge < -0.3 is 16.4 Å². The van der Waals surface area contributed by atoms with Crippen LogP contribution in [0.1, 0.15) is 0 Å². The van der Waals surface area contributed by atoms with Gasteiger partial charge in [0, 0.05) is 0 Å². The summed E-state index contributed by atoms with van der Waals surface area (Å²) in [6, 6.07) is 7.11. The highest BCUT2D eigenvalue weighted by molar-refractivity contribution is 6.33. The number of anilines is 4. The second-order valence-electron chi connectivity index (χ2n) is 3.79. The van der Waals surface area contributed by atoms with Crippen LogP contribution < -0.4 is 16.4 Å². The van der Waals surface area contributed by atoms with E-state index >= 15 is 0 Å². The molecule has 2 aromatic rings. The molecule has 0 aliphatic heterocycles. The Balaban J connectivity index is 2.31. The molecule has 1 aromatic heterocycles. The lowest BCUT2D eigenvalue weighted by molar-refractivity contribution is -0.111. The molecule has 1 aromatic carbocycles. The maximum atomic E-state index is 11.4. The van der Waals surface area contributed by atoms with Crippen LogP contribution in [0.2, 0.25) is 5.02 Å². The number of nitrogens with one attached hydrogen (secondary N) is 2. The van der Waals surface area contributed by atoms with Crippen LogP contribution in [-0.4, -0.2) is 15.9 Å². The molecule has 0 aliphatic rings. The summed E-state index contributed by atoms with van der Waals surface area (Å²) in [4.78, 5) is 19.2. The first kappa shape index (κ1) is 13.8. The summed E-state index contributed by atoms with van der Waals surface area (Å²) in [7, 11) is 0. The summed E-state index contributed by atoms with van der Waals surface area (Å²) < 4.78 is 0. The Kier molecular flexibility index (Phi) is 4.17. The molecule has 0 atom stereocenters. The minimum Gasteiger partial charge on any atom is -0.368 e. The van der Waals surface area contributed by atoms with Gasteiger partial charge in [-0.15, -0.1) is 0 Å². The third kappa shape index (κ3) is 3.24. The molecule has 6 nitrogen and oxygen atoms in total. The molecule has 0 aliphatic carbocycles. The van der Waals surface area contributed by atoms with Crippen LogP contribution >= 0.6 is 11.6 Å². The fraction of sp³-hybridized carbons (Fsp3) is 0. The summed E-state index contributed by atoms with van der Waals surface area (Å²) in [6.45, 7) is 3.41. The van der Waals surface area contributed by atoms with Crippen molar-refractivity contribution in [2.75, 3.05) is 16.4 Å². The third-order valence-corrected chi connectivity index (χ3v) is 2.66. The van der Waals surface area contributed by atoms with Gasteiger partial charge in [0.25, 0.3) is 0 Å². The zero-order valence-corrected chi connectivity index (χ0v) is 11.2. The van der Waals surface area contributed by atoms with E-state index in [2.05, 4.69) is 27.2 Å². The van der Waals surface area contributed by atoms with Crippen molar-refractivity contribution in [2.24, 2.45) is 0 Å². The lowest BCUT2D eigenvalue weighted by Crippen LogP contribution is -2.09. The molecule has 0 fully saturated rings. The zero-order chi connectivity index (χ0) is 14.5. The molecule has 0 unspecified atom stereocenters. The molecule has 7 heteroatoms. The van der Waals surface area contributed by atoms with Gasteiger partial charge in [-0.1, -0.05) is 30.3 Å². The Morgan fingerprint density at radius 2 is 2.05 bits per heavy atom. The number of rotatable bonds is 4. The van der Waals surface area contributed by atoms with Crippen LogP contribution in [0.5, 0.6) is 0 Å². The molecule has 0 saturated heterocycles. The molecule has 0 spiro atoms. The van der Waals surface area contributed by atoms with Crippen LogP contribution in [0, 0.1) is 0 Å². The summed E-state index contributed by atoms with van der Waals surface area (Å²) in [5.41, 5.74) is 6.72. The number of aromatic nitrogens is 2. The first-order valence-corrected chi connectivity index (χ1v) is 6.05. The number of para-hydroxylation sites is 2. The Morgan fingerprint density at radius 3 is 2.75 bits per heavy atom. The number of hydrogen-bond acceptors (Lipinski definition) is 5. The smallest absolute Gasteiger partial charge is 0.247 e. The molecule has 2 rings (SSSR count). The Bertz CT molecular complexity index is 659. The molecular weight excluding hydrogens is 278 g/mol. The van der Waals surface area contributed by atoms with Crippen LogP contribution in [0.25, 0.3) is 0 Å². The van der Waals surface area contributed by atoms with Crippen LogP contribution in [-0.2, 0) is 4.79 Å². The third-order valence-electron chi connectivity index (χ3n) is 2.39. The average molecular weight is 290 g/mol. The van der Waals surface area contributed by atoms with E-state index in [1.165, 1.54) is 12.3 Å². The van der Waals surface area contributed by atoms with Crippen molar-refractivity contribution in [2.45, 2.75) is 0 Å². The molecule has 1 heterocycles. The van der Waals surface area contributed by atoms with Gasteiger partial charge >= 0.3 is 0 Å². The number of carbonyl (C=O) groups is 1. The largest absolute Gasteiger partial charge is 0.368 e. The van der Waals surface area contributed by atoms with Gasteiger partial charge in [-0.05, 0) is 18.2 Å². The second kappa shape index (κ2) is 6.03. The van der Waals surface area contributed by atoms with Gasteiger partial charge in [0.2, 0.25) is 11.9 Å². The number of carbonyl (C=O) groups excluding carboxylic acids is 1. The SMILES string of the molecule is C=CC(=O)Nc1ccccc1Nc1nc(N)ncc1Cl. The van der Waals surface area contributed by atoms with Crippen LogP contribution in [0.3, 0.4) is 0 Å². The van der Waals surface area contributed by atoms with Gasteiger partial charge in [0.15, 0.2) is 5.82 Å². The first-order valence-electron chi connectivity index (χ1n) is 5.67. The molecule has 0 saturated carbocycles. The van der Waals surface area contributed by atoms with Crippen molar-refractivity contribution in [1.29, 1.82) is 0 Å². The molecule has 1 amide bonds. The lowest BCUT2D eigenvalue weighted by Gasteiger charge is -2.12. The number of hydrogen-bond donors (Lipinski definition) is 3. The van der Waals surface area contributed by atoms with E-state index in [0.717, 1.165) is 0 Å². The van der Waals surface area contributed by atoms with E-state index in [4.69, 9.17) is 17.3 Å². The molecule has 0 radical (unpaired) electrons. The van der Waals surface area contributed by atoms with Gasteiger partial charge in [-0.3, -0.25) is 4.79 Å². The van der Waals surface area contributed by atoms with Gasteiger partial charge in [0.05, 0.1) is 17.6 Å². The Labute approximate surface area is 120 Å². The predicted octanol–water partition coefficient (Wildman–Crippen LogP) is 2.58. The Morgan fingerprint density at radius 1 is 1.35 bits per heavy atom. The second-order valence-corrected chi connectivity index (χ2v) is 4.20. The van der Waals surface area contributed by atoms with E-state index in [1.54, 1.807) is 18.2 Å². The lowest BCUT2D eigenvalue weighted by atomic mass is 10.2. The van der Waals surface area contributed by atoms with E-state index < -0.39 is 0 Å². The van der Waals surface area contributed by atoms with Crippen molar-refractivity contribution in [3.05, 3.63) is 48.1 Å². The van der Waals surface area contributed by atoms with Crippen molar-refractivity contribution in [3.63, 3.8) is 0 Å². The first-order chi connectivity index (χ1) is 9.60. The van der Waals surface area contributed by atoms with Crippen molar-refractivity contribution >= 4 is 40.6 Å². The minimum absolute atomic E-state index is 0.101. The summed E-state index contributed by atoms with van der Waals surface area (Å²) in [5.74, 6) is 0.150. The number of nitrogen functional groups attached to an aromatic ring is 1. The Hall–Kier alpha value is -2.60. The molecule has 102 valence electrons. The highest BCUT2D eigenvalue weighted by Crippen LogP contribution is 2.28. The van der Waals surface area contributed by atoms with Crippen molar-refractivity contribution in [1.82, 2.24) is 9.97 Å². The quantitative estimate of drug-likeness (QED) is 0.752. The molecule has 20 heavy (non-hydrogen) atoms. The fourth-order valence-electron chi connectivity index (χ4n) is 1.48. The van der Waals surface area contributed by atoms with Gasteiger partial charge in [-0.25, -0.2) is 4.98 Å². The van der Waals surface area contributed by atoms with E-state index in [1.807, 2.05) is 6.07 Å². The summed E-state index contributed by atoms with van der Waals surface area (Å²) in [6.07, 6.45) is 2.59. The van der Waals surface area contributed by atoms with Gasteiger partial charge in [-0.2, -0.15) is 4.98 Å². The highest BCUT2D eigenvalue weighted by atomic mass is 35.5. The number of amides is 1. The fourth-order valence-corrected chi connectivity index (χ4v) is 1.62. The number of benzene rings is 1.